The quantitative estimate of drug-likeness (QED) is 0.854. The number of piperidine rings is 1. The Bertz CT molecular complexity index is 632. The van der Waals surface area contributed by atoms with Gasteiger partial charge in [-0.05, 0) is 38.2 Å². The molecule has 2 saturated heterocycles. The Hall–Kier alpha value is -1.66. The number of aliphatic hydroxyl groups excluding tert-OH is 1. The number of carbonyl (C=O) groups is 1. The highest BCUT2D eigenvalue weighted by atomic mass is 16.5. The molecule has 0 unspecified atom stereocenters. The van der Waals surface area contributed by atoms with Crippen molar-refractivity contribution in [3.05, 3.63) is 33.7 Å². The molecule has 0 radical (unpaired) electrons. The average molecular weight is 320 g/mol. The maximum absolute atomic E-state index is 12.6. The number of nitrogens with one attached hydrogen (secondary N) is 1. The lowest BCUT2D eigenvalue weighted by atomic mass is 9.82. The van der Waals surface area contributed by atoms with Crippen molar-refractivity contribution in [1.82, 2.24) is 9.88 Å². The summed E-state index contributed by atoms with van der Waals surface area (Å²) in [5.41, 5.74) is 0.469. The van der Waals surface area contributed by atoms with Crippen molar-refractivity contribution in [2.45, 2.75) is 50.7 Å². The van der Waals surface area contributed by atoms with Crippen LogP contribution in [0.4, 0.5) is 0 Å². The number of hydrogen-bond donors (Lipinski definition) is 2. The fourth-order valence-corrected chi connectivity index (χ4v) is 3.57. The third kappa shape index (κ3) is 3.19. The van der Waals surface area contributed by atoms with Crippen LogP contribution < -0.4 is 5.56 Å². The summed E-state index contributed by atoms with van der Waals surface area (Å²) in [5.74, 6) is -0.119. The van der Waals surface area contributed by atoms with Crippen LogP contribution in [0.1, 0.15) is 48.7 Å². The molecule has 126 valence electrons. The van der Waals surface area contributed by atoms with Crippen LogP contribution in [0.25, 0.3) is 0 Å². The fourth-order valence-electron chi connectivity index (χ4n) is 3.57. The highest BCUT2D eigenvalue weighted by Gasteiger charge is 2.44. The van der Waals surface area contributed by atoms with Crippen molar-refractivity contribution in [3.8, 4) is 0 Å². The van der Waals surface area contributed by atoms with Crippen LogP contribution >= 0.6 is 0 Å². The molecule has 6 nitrogen and oxygen atoms in total. The van der Waals surface area contributed by atoms with Gasteiger partial charge in [0.25, 0.3) is 5.91 Å². The first-order valence-electron chi connectivity index (χ1n) is 8.38. The van der Waals surface area contributed by atoms with Gasteiger partial charge in [-0.15, -0.1) is 0 Å². The summed E-state index contributed by atoms with van der Waals surface area (Å²) in [7, 11) is 0. The van der Waals surface area contributed by atoms with Gasteiger partial charge >= 0.3 is 0 Å². The Morgan fingerprint density at radius 2 is 2.17 bits per heavy atom. The number of ether oxygens (including phenoxy) is 1. The van der Waals surface area contributed by atoms with Crippen LogP contribution in [-0.4, -0.2) is 52.3 Å². The molecule has 23 heavy (non-hydrogen) atoms. The summed E-state index contributed by atoms with van der Waals surface area (Å²) in [6.45, 7) is 3.71. The highest BCUT2D eigenvalue weighted by molar-refractivity contribution is 5.94. The Balaban J connectivity index is 1.71. The standard InChI is InChI=1S/C17H24N2O4/c1-2-13-10-12(11-15(21)18-13)16(22)19-7-5-17(6-8-19)14(20)4-3-9-23-17/h10-11,14,20H,2-9H2,1H3,(H,18,21)/t14-/m0/s1. The number of carbonyl (C=O) groups excluding carboxylic acids is 1. The molecule has 1 aromatic rings. The zero-order valence-corrected chi connectivity index (χ0v) is 13.5. The molecule has 3 rings (SSSR count). The second-order valence-corrected chi connectivity index (χ2v) is 6.48. The molecule has 2 fully saturated rings. The first-order chi connectivity index (χ1) is 11.0. The van der Waals surface area contributed by atoms with Crippen molar-refractivity contribution >= 4 is 5.91 Å². The van der Waals surface area contributed by atoms with Crippen LogP contribution in [0, 0.1) is 0 Å². The van der Waals surface area contributed by atoms with Crippen LogP contribution in [0.3, 0.4) is 0 Å². The summed E-state index contributed by atoms with van der Waals surface area (Å²) >= 11 is 0. The first kappa shape index (κ1) is 16.2. The van der Waals surface area contributed by atoms with E-state index in [0.717, 1.165) is 18.5 Å². The first-order valence-corrected chi connectivity index (χ1v) is 8.38. The number of aliphatic hydroxyl groups is 1. The second kappa shape index (κ2) is 6.45. The molecule has 3 heterocycles. The Labute approximate surface area is 135 Å². The van der Waals surface area contributed by atoms with E-state index in [2.05, 4.69) is 4.98 Å². The lowest BCUT2D eigenvalue weighted by Crippen LogP contribution is -2.56. The van der Waals surface area contributed by atoms with Gasteiger partial charge < -0.3 is 19.7 Å². The van der Waals surface area contributed by atoms with E-state index >= 15 is 0 Å². The highest BCUT2D eigenvalue weighted by Crippen LogP contribution is 2.35. The number of rotatable bonds is 2. The lowest BCUT2D eigenvalue weighted by Gasteiger charge is -2.46. The van der Waals surface area contributed by atoms with Gasteiger partial charge in [0.2, 0.25) is 5.56 Å². The number of aryl methyl sites for hydroxylation is 1. The van der Waals surface area contributed by atoms with Gasteiger partial charge in [0, 0.05) is 37.0 Å². The molecule has 1 atom stereocenters. The molecule has 2 aliphatic rings. The number of aromatic nitrogens is 1. The molecule has 2 N–H and O–H groups in total. The van der Waals surface area contributed by atoms with Crippen molar-refractivity contribution < 1.29 is 14.6 Å². The third-order valence-corrected chi connectivity index (χ3v) is 5.04. The molecular weight excluding hydrogens is 296 g/mol. The predicted octanol–water partition coefficient (Wildman–Crippen LogP) is 1.08. The fraction of sp³-hybridized carbons (Fsp3) is 0.647. The number of likely N-dealkylation sites (tertiary alicyclic amines) is 1. The van der Waals surface area contributed by atoms with Crippen molar-refractivity contribution in [2.24, 2.45) is 0 Å². The molecule has 1 spiro atoms. The number of amides is 1. The third-order valence-electron chi connectivity index (χ3n) is 5.04. The minimum absolute atomic E-state index is 0.119. The maximum Gasteiger partial charge on any atom is 0.254 e. The van der Waals surface area contributed by atoms with E-state index in [0.29, 0.717) is 44.5 Å². The Kier molecular flexibility index (Phi) is 4.55. The van der Waals surface area contributed by atoms with E-state index < -0.39 is 11.7 Å². The van der Waals surface area contributed by atoms with Gasteiger partial charge in [-0.25, -0.2) is 0 Å². The van der Waals surface area contributed by atoms with E-state index in [9.17, 15) is 14.7 Å². The zero-order chi connectivity index (χ0) is 16.4. The van der Waals surface area contributed by atoms with Crippen LogP contribution in [0.5, 0.6) is 0 Å². The topological polar surface area (TPSA) is 82.6 Å². The summed E-state index contributed by atoms with van der Waals surface area (Å²) in [5, 5.41) is 10.3. The smallest absolute Gasteiger partial charge is 0.254 e. The molecule has 1 amide bonds. The van der Waals surface area contributed by atoms with Crippen LogP contribution in [-0.2, 0) is 11.2 Å². The summed E-state index contributed by atoms with van der Waals surface area (Å²) < 4.78 is 5.87. The maximum atomic E-state index is 12.6. The van der Waals surface area contributed by atoms with E-state index in [1.165, 1.54) is 6.07 Å². The number of aromatic amines is 1. The number of pyridine rings is 1. The summed E-state index contributed by atoms with van der Waals surface area (Å²) in [4.78, 5) is 28.8. The van der Waals surface area contributed by atoms with E-state index in [1.807, 2.05) is 6.92 Å². The van der Waals surface area contributed by atoms with E-state index in [4.69, 9.17) is 4.74 Å². The van der Waals surface area contributed by atoms with Gasteiger partial charge in [0.1, 0.15) is 0 Å². The van der Waals surface area contributed by atoms with Crippen molar-refractivity contribution in [2.75, 3.05) is 19.7 Å². The van der Waals surface area contributed by atoms with Gasteiger partial charge in [0.15, 0.2) is 0 Å². The Morgan fingerprint density at radius 3 is 2.83 bits per heavy atom. The average Bonchev–Trinajstić information content (AvgIpc) is 2.57. The van der Waals surface area contributed by atoms with Crippen LogP contribution in [0.15, 0.2) is 16.9 Å². The molecule has 6 heteroatoms. The molecule has 2 aliphatic heterocycles. The number of H-pyrrole nitrogens is 1. The SMILES string of the molecule is CCc1cc(C(=O)N2CCC3(CC2)OCCC[C@@H]3O)cc(=O)[nH]1. The van der Waals surface area contributed by atoms with E-state index in [1.54, 1.807) is 11.0 Å². The summed E-state index contributed by atoms with van der Waals surface area (Å²) in [6, 6.07) is 3.11. The van der Waals surface area contributed by atoms with Crippen molar-refractivity contribution in [1.29, 1.82) is 0 Å². The molecule has 0 saturated carbocycles. The largest absolute Gasteiger partial charge is 0.390 e. The zero-order valence-electron chi connectivity index (χ0n) is 13.5. The predicted molar refractivity (Wildman–Crippen MR) is 85.5 cm³/mol. The van der Waals surface area contributed by atoms with Crippen LogP contribution in [0.2, 0.25) is 0 Å². The number of nitrogens with zero attached hydrogens (tertiary/aromatic N) is 1. The minimum atomic E-state index is -0.488. The van der Waals surface area contributed by atoms with E-state index in [-0.39, 0.29) is 11.5 Å². The molecular formula is C17H24N2O4. The Morgan fingerprint density at radius 1 is 1.43 bits per heavy atom. The summed E-state index contributed by atoms with van der Waals surface area (Å²) in [6.07, 6.45) is 3.17. The lowest BCUT2D eigenvalue weighted by molar-refractivity contribution is -0.174. The minimum Gasteiger partial charge on any atom is -0.390 e. The number of hydrogen-bond acceptors (Lipinski definition) is 4. The van der Waals surface area contributed by atoms with Gasteiger partial charge in [-0.3, -0.25) is 9.59 Å². The monoisotopic (exact) mass is 320 g/mol. The second-order valence-electron chi connectivity index (χ2n) is 6.48. The molecule has 0 bridgehead atoms. The van der Waals surface area contributed by atoms with Gasteiger partial charge in [0.05, 0.1) is 11.7 Å². The van der Waals surface area contributed by atoms with Gasteiger partial charge in [-0.2, -0.15) is 0 Å². The molecule has 0 aliphatic carbocycles. The molecule has 0 aromatic carbocycles. The van der Waals surface area contributed by atoms with Crippen molar-refractivity contribution in [3.63, 3.8) is 0 Å². The van der Waals surface area contributed by atoms with Gasteiger partial charge in [-0.1, -0.05) is 6.92 Å². The molecule has 1 aromatic heterocycles. The normalized spacial score (nSPS) is 23.9.